The van der Waals surface area contributed by atoms with Gasteiger partial charge in [0, 0.05) is 5.56 Å². The van der Waals surface area contributed by atoms with Crippen LogP contribution in [0.1, 0.15) is 44.1 Å². The molecular formula is C15H18BrFO. The Balaban J connectivity index is 1.90. The van der Waals surface area contributed by atoms with Gasteiger partial charge in [-0.05, 0) is 72.4 Å². The van der Waals surface area contributed by atoms with Gasteiger partial charge in [-0.3, -0.25) is 0 Å². The molecule has 0 bridgehead atoms. The number of aliphatic hydroxyl groups is 1. The predicted octanol–water partition coefficient (Wildman–Crippen LogP) is 4.38. The van der Waals surface area contributed by atoms with E-state index in [1.54, 1.807) is 18.2 Å². The second-order valence-electron chi connectivity index (χ2n) is 5.83. The van der Waals surface area contributed by atoms with Crippen molar-refractivity contribution in [2.24, 2.45) is 11.8 Å². The lowest BCUT2D eigenvalue weighted by Gasteiger charge is -2.37. The van der Waals surface area contributed by atoms with Gasteiger partial charge in [-0.1, -0.05) is 12.1 Å². The summed E-state index contributed by atoms with van der Waals surface area (Å²) in [6, 6.07) is 5.22. The van der Waals surface area contributed by atoms with E-state index in [-0.39, 0.29) is 5.82 Å². The molecule has 3 rings (SSSR count). The Morgan fingerprint density at radius 3 is 2.72 bits per heavy atom. The lowest BCUT2D eigenvalue weighted by Crippen LogP contribution is -2.34. The van der Waals surface area contributed by atoms with Crippen LogP contribution in [0.2, 0.25) is 0 Å². The van der Waals surface area contributed by atoms with Crippen LogP contribution in [0.25, 0.3) is 0 Å². The fraction of sp³-hybridized carbons (Fsp3) is 0.600. The molecule has 98 valence electrons. The Morgan fingerprint density at radius 1 is 1.22 bits per heavy atom. The summed E-state index contributed by atoms with van der Waals surface area (Å²) in [5.41, 5.74) is -0.485. The van der Waals surface area contributed by atoms with Crippen molar-refractivity contribution in [3.8, 4) is 0 Å². The normalized spacial score (nSPS) is 32.5. The third-order valence-corrected chi connectivity index (χ3v) is 5.12. The molecule has 1 N–H and O–H groups in total. The van der Waals surface area contributed by atoms with Crippen molar-refractivity contribution in [3.05, 3.63) is 34.1 Å². The molecule has 2 saturated carbocycles. The summed E-state index contributed by atoms with van der Waals surface area (Å²) >= 11 is 3.21. The Labute approximate surface area is 116 Å². The van der Waals surface area contributed by atoms with Crippen LogP contribution in [0, 0.1) is 17.7 Å². The molecule has 2 atom stereocenters. The topological polar surface area (TPSA) is 20.2 Å². The highest BCUT2D eigenvalue weighted by Gasteiger charge is 2.43. The number of rotatable bonds is 2. The second-order valence-corrected chi connectivity index (χ2v) is 6.68. The Kier molecular flexibility index (Phi) is 3.23. The van der Waals surface area contributed by atoms with Crippen molar-refractivity contribution < 1.29 is 9.50 Å². The van der Waals surface area contributed by atoms with E-state index >= 15 is 0 Å². The van der Waals surface area contributed by atoms with Crippen LogP contribution in [0.5, 0.6) is 0 Å². The molecule has 0 radical (unpaired) electrons. The van der Waals surface area contributed by atoms with Crippen molar-refractivity contribution in [2.75, 3.05) is 0 Å². The fourth-order valence-corrected chi connectivity index (χ4v) is 3.74. The van der Waals surface area contributed by atoms with E-state index in [1.165, 1.54) is 19.3 Å². The molecule has 0 amide bonds. The van der Waals surface area contributed by atoms with Crippen LogP contribution in [-0.2, 0) is 5.60 Å². The van der Waals surface area contributed by atoms with Gasteiger partial charge in [0.05, 0.1) is 10.1 Å². The lowest BCUT2D eigenvalue weighted by molar-refractivity contribution is -0.0279. The fourth-order valence-electron chi connectivity index (χ4n) is 3.37. The van der Waals surface area contributed by atoms with Gasteiger partial charge in [-0.2, -0.15) is 0 Å². The molecule has 2 fully saturated rings. The Hall–Kier alpha value is -0.410. The molecule has 2 aliphatic carbocycles. The summed E-state index contributed by atoms with van der Waals surface area (Å²) in [6.45, 7) is 0. The minimum Gasteiger partial charge on any atom is -0.385 e. The molecule has 2 aliphatic rings. The molecule has 1 nitrogen and oxygen atoms in total. The third kappa shape index (κ3) is 2.23. The molecule has 0 saturated heterocycles. The molecular weight excluding hydrogens is 295 g/mol. The van der Waals surface area contributed by atoms with E-state index in [4.69, 9.17) is 0 Å². The molecule has 1 aromatic rings. The molecule has 2 unspecified atom stereocenters. The number of benzene rings is 1. The van der Waals surface area contributed by atoms with Gasteiger partial charge < -0.3 is 5.11 Å². The lowest BCUT2D eigenvalue weighted by atomic mass is 9.72. The summed E-state index contributed by atoms with van der Waals surface area (Å²) in [5.74, 6) is 1.07. The minimum atomic E-state index is -0.959. The third-order valence-electron chi connectivity index (χ3n) is 4.51. The highest BCUT2D eigenvalue weighted by atomic mass is 79.9. The van der Waals surface area contributed by atoms with E-state index in [0.29, 0.717) is 22.4 Å². The first-order chi connectivity index (χ1) is 8.60. The van der Waals surface area contributed by atoms with E-state index in [1.807, 2.05) is 0 Å². The highest BCUT2D eigenvalue weighted by Crippen LogP contribution is 2.50. The Morgan fingerprint density at radius 2 is 2.00 bits per heavy atom. The van der Waals surface area contributed by atoms with Crippen molar-refractivity contribution in [2.45, 2.75) is 44.1 Å². The number of hydrogen-bond donors (Lipinski definition) is 1. The molecule has 18 heavy (non-hydrogen) atoms. The summed E-state index contributed by atoms with van der Waals surface area (Å²) < 4.78 is 14.6. The van der Waals surface area contributed by atoms with Gasteiger partial charge in [0.2, 0.25) is 0 Å². The average molecular weight is 313 g/mol. The first kappa shape index (κ1) is 12.6. The van der Waals surface area contributed by atoms with E-state index in [0.717, 1.165) is 18.8 Å². The van der Waals surface area contributed by atoms with Crippen LogP contribution < -0.4 is 0 Å². The second kappa shape index (κ2) is 4.61. The van der Waals surface area contributed by atoms with E-state index in [2.05, 4.69) is 15.9 Å². The van der Waals surface area contributed by atoms with Gasteiger partial charge >= 0.3 is 0 Å². The first-order valence-electron chi connectivity index (χ1n) is 6.77. The zero-order chi connectivity index (χ0) is 12.8. The summed E-state index contributed by atoms with van der Waals surface area (Å²) in [4.78, 5) is 0. The maximum Gasteiger partial charge on any atom is 0.143 e. The van der Waals surface area contributed by atoms with Crippen molar-refractivity contribution >= 4 is 15.9 Å². The molecule has 0 aliphatic heterocycles. The van der Waals surface area contributed by atoms with Crippen LogP contribution >= 0.6 is 15.9 Å². The zero-order valence-electron chi connectivity index (χ0n) is 10.3. The molecule has 1 aromatic carbocycles. The van der Waals surface area contributed by atoms with Crippen LogP contribution in [-0.4, -0.2) is 5.11 Å². The van der Waals surface area contributed by atoms with Crippen LogP contribution in [0.3, 0.4) is 0 Å². The van der Waals surface area contributed by atoms with Crippen LogP contribution in [0.15, 0.2) is 22.7 Å². The summed E-state index contributed by atoms with van der Waals surface area (Å²) in [6.07, 6.45) is 6.20. The van der Waals surface area contributed by atoms with Gasteiger partial charge in [0.1, 0.15) is 5.82 Å². The maximum absolute atomic E-state index is 14.2. The maximum atomic E-state index is 14.2. The van der Waals surface area contributed by atoms with E-state index in [9.17, 15) is 9.50 Å². The highest BCUT2D eigenvalue weighted by molar-refractivity contribution is 9.10. The average Bonchev–Trinajstić information content (AvgIpc) is 3.16. The van der Waals surface area contributed by atoms with Gasteiger partial charge in [-0.15, -0.1) is 0 Å². The molecule has 3 heteroatoms. The van der Waals surface area contributed by atoms with Crippen molar-refractivity contribution in [1.29, 1.82) is 0 Å². The van der Waals surface area contributed by atoms with Gasteiger partial charge in [-0.25, -0.2) is 4.39 Å². The number of halogens is 2. The van der Waals surface area contributed by atoms with Gasteiger partial charge in [0.15, 0.2) is 0 Å². The largest absolute Gasteiger partial charge is 0.385 e. The Bertz CT molecular complexity index is 458. The number of hydrogen-bond acceptors (Lipinski definition) is 1. The zero-order valence-corrected chi connectivity index (χ0v) is 11.9. The van der Waals surface area contributed by atoms with Crippen molar-refractivity contribution in [1.82, 2.24) is 0 Å². The quantitative estimate of drug-likeness (QED) is 0.859. The minimum absolute atomic E-state index is 0.295. The van der Waals surface area contributed by atoms with Gasteiger partial charge in [0.25, 0.3) is 0 Å². The van der Waals surface area contributed by atoms with E-state index < -0.39 is 5.60 Å². The summed E-state index contributed by atoms with van der Waals surface area (Å²) in [5, 5.41) is 10.8. The molecule has 0 heterocycles. The summed E-state index contributed by atoms with van der Waals surface area (Å²) in [7, 11) is 0. The smallest absolute Gasteiger partial charge is 0.143 e. The standard InChI is InChI=1S/C15H18BrFO/c16-13-5-1-4-12(14(13)17)15(18)8-2-3-11(9-15)10-6-7-10/h1,4-5,10-11,18H,2-3,6-9H2. The SMILES string of the molecule is OC1(c2cccc(Br)c2F)CCCC(C2CC2)C1. The predicted molar refractivity (Wildman–Crippen MR) is 72.7 cm³/mol. The molecule has 0 aromatic heterocycles. The monoisotopic (exact) mass is 312 g/mol. The molecule has 0 spiro atoms. The van der Waals surface area contributed by atoms with Crippen LogP contribution in [0.4, 0.5) is 4.39 Å². The first-order valence-corrected chi connectivity index (χ1v) is 7.56. The van der Waals surface area contributed by atoms with Crippen molar-refractivity contribution in [3.63, 3.8) is 0 Å².